The molecule has 0 radical (unpaired) electrons. The van der Waals surface area contributed by atoms with E-state index in [2.05, 4.69) is 9.97 Å². The lowest BCUT2D eigenvalue weighted by molar-refractivity contribution is -0.138. The number of hydrogen-bond acceptors (Lipinski definition) is 5. The highest BCUT2D eigenvalue weighted by atomic mass is 19.4. The molecule has 2 aromatic heterocycles. The van der Waals surface area contributed by atoms with Gasteiger partial charge in [0.1, 0.15) is 0 Å². The van der Waals surface area contributed by atoms with Crippen LogP contribution in [0.3, 0.4) is 0 Å². The molecule has 3 rings (SSSR count). The Morgan fingerprint density at radius 2 is 1.85 bits per heavy atom. The maximum atomic E-state index is 12.6. The van der Waals surface area contributed by atoms with E-state index >= 15 is 0 Å². The van der Waals surface area contributed by atoms with Crippen LogP contribution in [0, 0.1) is 0 Å². The van der Waals surface area contributed by atoms with Crippen LogP contribution in [0.25, 0.3) is 0 Å². The van der Waals surface area contributed by atoms with Gasteiger partial charge in [0, 0.05) is 63.6 Å². The first-order valence-electron chi connectivity index (χ1n) is 8.59. The molecule has 146 valence electrons. The van der Waals surface area contributed by atoms with Crippen molar-refractivity contribution in [1.29, 1.82) is 0 Å². The molecular formula is C17H21F3N6O. The van der Waals surface area contributed by atoms with Crippen LogP contribution in [0.4, 0.5) is 19.1 Å². The SMILES string of the molecule is C[C@H](N)Cn1ccc(C(=O)N2CCN(c3ncc(C(F)(F)F)cn3)CC2)c1. The number of alkyl halides is 3. The molecule has 10 heteroatoms. The minimum atomic E-state index is -4.46. The van der Waals surface area contributed by atoms with Gasteiger partial charge in [-0.15, -0.1) is 0 Å². The van der Waals surface area contributed by atoms with Gasteiger partial charge in [0.15, 0.2) is 0 Å². The summed E-state index contributed by atoms with van der Waals surface area (Å²) in [4.78, 5) is 23.7. The van der Waals surface area contributed by atoms with Gasteiger partial charge < -0.3 is 20.1 Å². The third-order valence-corrected chi connectivity index (χ3v) is 4.31. The second-order valence-electron chi connectivity index (χ2n) is 6.62. The predicted octanol–water partition coefficient (Wildman–Crippen LogP) is 1.61. The fraction of sp³-hybridized carbons (Fsp3) is 0.471. The number of carbonyl (C=O) groups excluding carboxylic acids is 1. The van der Waals surface area contributed by atoms with E-state index in [-0.39, 0.29) is 17.9 Å². The fourth-order valence-corrected chi connectivity index (χ4v) is 2.94. The van der Waals surface area contributed by atoms with E-state index in [0.29, 0.717) is 38.3 Å². The Morgan fingerprint density at radius 3 is 2.41 bits per heavy atom. The molecule has 0 unspecified atom stereocenters. The number of anilines is 1. The quantitative estimate of drug-likeness (QED) is 0.869. The highest BCUT2D eigenvalue weighted by molar-refractivity contribution is 5.94. The second kappa shape index (κ2) is 7.55. The van der Waals surface area contributed by atoms with Gasteiger partial charge in [-0.25, -0.2) is 9.97 Å². The third kappa shape index (κ3) is 4.57. The van der Waals surface area contributed by atoms with Crippen LogP contribution in [-0.2, 0) is 12.7 Å². The van der Waals surface area contributed by atoms with Crippen molar-refractivity contribution in [2.24, 2.45) is 5.73 Å². The summed E-state index contributed by atoms with van der Waals surface area (Å²) in [7, 11) is 0. The monoisotopic (exact) mass is 382 g/mol. The average Bonchev–Trinajstić information content (AvgIpc) is 3.08. The van der Waals surface area contributed by atoms with Crippen LogP contribution < -0.4 is 10.6 Å². The minimum absolute atomic E-state index is 0.00682. The topological polar surface area (TPSA) is 80.3 Å². The first kappa shape index (κ1) is 19.2. The van der Waals surface area contributed by atoms with Crippen LogP contribution in [0.5, 0.6) is 0 Å². The lowest BCUT2D eigenvalue weighted by Gasteiger charge is -2.34. The summed E-state index contributed by atoms with van der Waals surface area (Å²) in [6.07, 6.45) is 0.698. The van der Waals surface area contributed by atoms with E-state index in [0.717, 1.165) is 12.4 Å². The molecule has 1 amide bonds. The van der Waals surface area contributed by atoms with E-state index in [9.17, 15) is 18.0 Å². The summed E-state index contributed by atoms with van der Waals surface area (Å²) < 4.78 is 39.6. The van der Waals surface area contributed by atoms with Gasteiger partial charge in [0.05, 0.1) is 11.1 Å². The van der Waals surface area contributed by atoms with Crippen molar-refractivity contribution in [2.45, 2.75) is 25.7 Å². The van der Waals surface area contributed by atoms with Crippen molar-refractivity contribution >= 4 is 11.9 Å². The van der Waals surface area contributed by atoms with Gasteiger partial charge in [0.25, 0.3) is 5.91 Å². The molecule has 27 heavy (non-hydrogen) atoms. The Morgan fingerprint density at radius 1 is 1.22 bits per heavy atom. The molecule has 0 spiro atoms. The first-order valence-corrected chi connectivity index (χ1v) is 8.59. The molecule has 1 saturated heterocycles. The van der Waals surface area contributed by atoms with Gasteiger partial charge in [-0.1, -0.05) is 0 Å². The largest absolute Gasteiger partial charge is 0.419 e. The number of nitrogens with two attached hydrogens (primary N) is 1. The van der Waals surface area contributed by atoms with Gasteiger partial charge in [0.2, 0.25) is 5.95 Å². The molecule has 0 bridgehead atoms. The van der Waals surface area contributed by atoms with E-state index in [1.807, 2.05) is 17.7 Å². The maximum Gasteiger partial charge on any atom is 0.419 e. The van der Waals surface area contributed by atoms with Gasteiger partial charge in [-0.2, -0.15) is 13.2 Å². The number of piperazine rings is 1. The molecule has 1 aliphatic rings. The van der Waals surface area contributed by atoms with E-state index in [1.165, 1.54) is 0 Å². The first-order chi connectivity index (χ1) is 12.7. The normalized spacial score (nSPS) is 16.5. The van der Waals surface area contributed by atoms with Crippen molar-refractivity contribution in [2.75, 3.05) is 31.1 Å². The second-order valence-corrected chi connectivity index (χ2v) is 6.62. The summed E-state index contributed by atoms with van der Waals surface area (Å²) in [5.74, 6) is 0.157. The summed E-state index contributed by atoms with van der Waals surface area (Å²) in [6.45, 7) is 4.33. The van der Waals surface area contributed by atoms with Crippen molar-refractivity contribution in [1.82, 2.24) is 19.4 Å². The molecule has 3 heterocycles. The number of hydrogen-bond donors (Lipinski definition) is 1. The van der Waals surface area contributed by atoms with Crippen LogP contribution in [0.1, 0.15) is 22.8 Å². The zero-order valence-electron chi connectivity index (χ0n) is 14.9. The minimum Gasteiger partial charge on any atom is -0.352 e. The lowest BCUT2D eigenvalue weighted by atomic mass is 10.2. The summed E-state index contributed by atoms with van der Waals surface area (Å²) in [5.41, 5.74) is 5.47. The zero-order chi connectivity index (χ0) is 19.6. The molecule has 0 aromatic carbocycles. The molecule has 0 aliphatic carbocycles. The predicted molar refractivity (Wildman–Crippen MR) is 93.2 cm³/mol. The zero-order valence-corrected chi connectivity index (χ0v) is 14.9. The summed E-state index contributed by atoms with van der Waals surface area (Å²) in [5, 5.41) is 0. The van der Waals surface area contributed by atoms with Crippen molar-refractivity contribution in [3.05, 3.63) is 42.0 Å². The number of carbonyl (C=O) groups is 1. The molecule has 2 N–H and O–H groups in total. The van der Waals surface area contributed by atoms with Gasteiger partial charge >= 0.3 is 6.18 Å². The van der Waals surface area contributed by atoms with E-state index < -0.39 is 11.7 Å². The highest BCUT2D eigenvalue weighted by Crippen LogP contribution is 2.28. The summed E-state index contributed by atoms with van der Waals surface area (Å²) in [6, 6.07) is 1.75. The number of aromatic nitrogens is 3. The van der Waals surface area contributed by atoms with Crippen molar-refractivity contribution in [3.8, 4) is 0 Å². The fourth-order valence-electron chi connectivity index (χ4n) is 2.94. The number of rotatable bonds is 4. The van der Waals surface area contributed by atoms with Crippen molar-refractivity contribution in [3.63, 3.8) is 0 Å². The van der Waals surface area contributed by atoms with Crippen LogP contribution in [0.15, 0.2) is 30.9 Å². The Hall–Kier alpha value is -2.62. The average molecular weight is 382 g/mol. The molecule has 1 aliphatic heterocycles. The lowest BCUT2D eigenvalue weighted by Crippen LogP contribution is -2.49. The molecule has 1 atom stereocenters. The number of halogens is 3. The number of nitrogens with zero attached hydrogens (tertiary/aromatic N) is 5. The molecule has 2 aromatic rings. The summed E-state index contributed by atoms with van der Waals surface area (Å²) >= 11 is 0. The third-order valence-electron chi connectivity index (χ3n) is 4.31. The van der Waals surface area contributed by atoms with Crippen LogP contribution in [-0.4, -0.2) is 57.6 Å². The van der Waals surface area contributed by atoms with Crippen molar-refractivity contribution < 1.29 is 18.0 Å². The number of amides is 1. The standard InChI is InChI=1S/C17H21F3N6O/c1-12(21)10-24-3-2-13(11-24)15(27)25-4-6-26(7-5-25)16-22-8-14(9-23-16)17(18,19)20/h2-3,8-9,11-12H,4-7,10,21H2,1H3/t12-/m0/s1. The Bertz CT molecular complexity index is 779. The highest BCUT2D eigenvalue weighted by Gasteiger charge is 2.32. The maximum absolute atomic E-state index is 12.6. The van der Waals surface area contributed by atoms with E-state index in [4.69, 9.17) is 5.73 Å². The van der Waals surface area contributed by atoms with Crippen LogP contribution in [0.2, 0.25) is 0 Å². The molecule has 0 saturated carbocycles. The van der Waals surface area contributed by atoms with Gasteiger partial charge in [-0.3, -0.25) is 4.79 Å². The van der Waals surface area contributed by atoms with Crippen LogP contribution >= 0.6 is 0 Å². The Kier molecular flexibility index (Phi) is 5.36. The Labute approximate surface area is 154 Å². The Balaban J connectivity index is 1.58. The smallest absolute Gasteiger partial charge is 0.352 e. The molecule has 1 fully saturated rings. The molecular weight excluding hydrogens is 361 g/mol. The van der Waals surface area contributed by atoms with Gasteiger partial charge in [-0.05, 0) is 13.0 Å². The molecule has 7 nitrogen and oxygen atoms in total. The van der Waals surface area contributed by atoms with E-state index in [1.54, 1.807) is 22.1 Å².